The summed E-state index contributed by atoms with van der Waals surface area (Å²) in [7, 11) is 0. The van der Waals surface area contributed by atoms with E-state index in [1.165, 1.54) is 44.5 Å². The minimum absolute atomic E-state index is 0.726. The van der Waals surface area contributed by atoms with Crippen LogP contribution in [-0.2, 0) is 13.1 Å². The largest absolute Gasteiger partial charge is 0.351 e. The monoisotopic (exact) mass is 247 g/mol. The van der Waals surface area contributed by atoms with Crippen LogP contribution in [0.15, 0.2) is 18.3 Å². The summed E-state index contributed by atoms with van der Waals surface area (Å²) in [6, 6.07) is 5.99. The smallest absolute Gasteiger partial charge is 0.0361 e. The van der Waals surface area contributed by atoms with E-state index < -0.39 is 0 Å². The van der Waals surface area contributed by atoms with E-state index in [0.29, 0.717) is 0 Å². The lowest BCUT2D eigenvalue weighted by Gasteiger charge is -2.35. The van der Waals surface area contributed by atoms with Gasteiger partial charge in [0.15, 0.2) is 0 Å². The Hall–Kier alpha value is -0.800. The predicted octanol–water partition coefficient (Wildman–Crippen LogP) is 2.22. The molecule has 2 saturated heterocycles. The second-order valence-corrected chi connectivity index (χ2v) is 5.72. The predicted molar refractivity (Wildman–Crippen MR) is 74.6 cm³/mol. The molecule has 0 aliphatic carbocycles. The number of piperidine rings is 1. The van der Waals surface area contributed by atoms with Crippen LogP contribution in [0.5, 0.6) is 0 Å². The molecule has 0 radical (unpaired) electrons. The normalized spacial score (nSPS) is 28.5. The van der Waals surface area contributed by atoms with Gasteiger partial charge in [-0.05, 0) is 57.8 Å². The molecule has 1 N–H and O–H groups in total. The van der Waals surface area contributed by atoms with Gasteiger partial charge < -0.3 is 14.8 Å². The quantitative estimate of drug-likeness (QED) is 0.880. The Morgan fingerprint density at radius 1 is 1.33 bits per heavy atom. The van der Waals surface area contributed by atoms with Gasteiger partial charge in [0.2, 0.25) is 0 Å². The minimum Gasteiger partial charge on any atom is -0.351 e. The topological polar surface area (TPSA) is 20.2 Å². The number of nitrogens with zero attached hydrogens (tertiary/aromatic N) is 2. The van der Waals surface area contributed by atoms with Gasteiger partial charge in [-0.3, -0.25) is 0 Å². The van der Waals surface area contributed by atoms with Crippen molar-refractivity contribution in [3.05, 3.63) is 24.0 Å². The molecule has 2 atom stereocenters. The number of rotatable bonds is 4. The van der Waals surface area contributed by atoms with E-state index in [4.69, 9.17) is 0 Å². The molecule has 0 amide bonds. The first-order chi connectivity index (χ1) is 8.86. The van der Waals surface area contributed by atoms with Gasteiger partial charge in [-0.1, -0.05) is 0 Å². The first-order valence-electron chi connectivity index (χ1n) is 7.48. The van der Waals surface area contributed by atoms with Crippen molar-refractivity contribution in [3.8, 4) is 0 Å². The van der Waals surface area contributed by atoms with Crippen molar-refractivity contribution < 1.29 is 0 Å². The van der Waals surface area contributed by atoms with Gasteiger partial charge in [0.05, 0.1) is 0 Å². The van der Waals surface area contributed by atoms with Crippen molar-refractivity contribution in [3.63, 3.8) is 0 Å². The first kappa shape index (κ1) is 12.2. The van der Waals surface area contributed by atoms with Gasteiger partial charge in [0.25, 0.3) is 0 Å². The van der Waals surface area contributed by atoms with Gasteiger partial charge >= 0.3 is 0 Å². The zero-order valence-corrected chi connectivity index (χ0v) is 11.4. The molecule has 0 aromatic carbocycles. The van der Waals surface area contributed by atoms with Crippen LogP contribution in [0.4, 0.5) is 0 Å². The molecule has 2 unspecified atom stereocenters. The number of hydrogen-bond acceptors (Lipinski definition) is 2. The number of fused-ring (bicyclic) bond motifs is 1. The van der Waals surface area contributed by atoms with Crippen LogP contribution in [0.2, 0.25) is 0 Å². The van der Waals surface area contributed by atoms with Crippen molar-refractivity contribution in [2.45, 2.75) is 57.8 Å². The van der Waals surface area contributed by atoms with Gasteiger partial charge in [-0.15, -0.1) is 0 Å². The zero-order chi connectivity index (χ0) is 12.4. The van der Waals surface area contributed by atoms with Crippen LogP contribution in [0.1, 0.15) is 38.3 Å². The van der Waals surface area contributed by atoms with Crippen molar-refractivity contribution in [2.24, 2.45) is 0 Å². The SMILES string of the molecule is CCn1cccc1CNC1CCN2CCCC2C1. The van der Waals surface area contributed by atoms with Crippen LogP contribution in [0, 0.1) is 0 Å². The summed E-state index contributed by atoms with van der Waals surface area (Å²) in [6.07, 6.45) is 7.69. The molecule has 1 aromatic rings. The first-order valence-corrected chi connectivity index (χ1v) is 7.48. The summed E-state index contributed by atoms with van der Waals surface area (Å²) in [4.78, 5) is 2.69. The molecule has 2 aliphatic heterocycles. The Kier molecular flexibility index (Phi) is 3.71. The van der Waals surface area contributed by atoms with E-state index in [1.807, 2.05) is 0 Å². The molecule has 0 saturated carbocycles. The number of hydrogen-bond donors (Lipinski definition) is 1. The fourth-order valence-corrected chi connectivity index (χ4v) is 3.58. The van der Waals surface area contributed by atoms with Crippen molar-refractivity contribution in [1.29, 1.82) is 0 Å². The molecule has 100 valence electrons. The maximum atomic E-state index is 3.76. The Balaban J connectivity index is 1.51. The molecule has 2 aliphatic rings. The van der Waals surface area contributed by atoms with Gasteiger partial charge in [0.1, 0.15) is 0 Å². The highest BCUT2D eigenvalue weighted by Crippen LogP contribution is 2.26. The lowest BCUT2D eigenvalue weighted by molar-refractivity contribution is 0.166. The third kappa shape index (κ3) is 2.47. The number of aromatic nitrogens is 1. The van der Waals surface area contributed by atoms with Crippen LogP contribution in [0.25, 0.3) is 0 Å². The zero-order valence-electron chi connectivity index (χ0n) is 11.4. The van der Waals surface area contributed by atoms with Crippen LogP contribution < -0.4 is 5.32 Å². The fraction of sp³-hybridized carbons (Fsp3) is 0.733. The lowest BCUT2D eigenvalue weighted by Crippen LogP contribution is -2.45. The van der Waals surface area contributed by atoms with Crippen LogP contribution >= 0.6 is 0 Å². The second kappa shape index (κ2) is 5.45. The van der Waals surface area contributed by atoms with E-state index in [0.717, 1.165) is 25.2 Å². The summed E-state index contributed by atoms with van der Waals surface area (Å²) >= 11 is 0. The van der Waals surface area contributed by atoms with Crippen molar-refractivity contribution in [1.82, 2.24) is 14.8 Å². The third-order valence-corrected chi connectivity index (χ3v) is 4.66. The van der Waals surface area contributed by atoms with Gasteiger partial charge in [-0.2, -0.15) is 0 Å². The van der Waals surface area contributed by atoms with E-state index in [2.05, 4.69) is 40.0 Å². The van der Waals surface area contributed by atoms with E-state index in [9.17, 15) is 0 Å². The molecule has 1 aromatic heterocycles. The van der Waals surface area contributed by atoms with E-state index >= 15 is 0 Å². The summed E-state index contributed by atoms with van der Waals surface area (Å²) in [6.45, 7) is 6.96. The molecule has 0 spiro atoms. The van der Waals surface area contributed by atoms with Crippen LogP contribution in [-0.4, -0.2) is 34.6 Å². The molecule has 3 nitrogen and oxygen atoms in total. The molecule has 3 heteroatoms. The molecule has 3 rings (SSSR count). The summed E-state index contributed by atoms with van der Waals surface area (Å²) in [5.74, 6) is 0. The molecule has 18 heavy (non-hydrogen) atoms. The Morgan fingerprint density at radius 3 is 3.17 bits per heavy atom. The summed E-state index contributed by atoms with van der Waals surface area (Å²) in [5.41, 5.74) is 1.42. The minimum atomic E-state index is 0.726. The standard InChI is InChI=1S/C15H25N3/c1-2-17-8-4-6-15(17)12-16-13-7-10-18-9-3-5-14(18)11-13/h4,6,8,13-14,16H,2-3,5,7,9-12H2,1H3. The van der Waals surface area contributed by atoms with Crippen molar-refractivity contribution >= 4 is 0 Å². The van der Waals surface area contributed by atoms with E-state index in [-0.39, 0.29) is 0 Å². The molecular formula is C15H25N3. The van der Waals surface area contributed by atoms with Gasteiger partial charge in [0, 0.05) is 37.1 Å². The highest BCUT2D eigenvalue weighted by atomic mass is 15.2. The highest BCUT2D eigenvalue weighted by Gasteiger charge is 2.31. The number of aryl methyl sites for hydroxylation is 1. The van der Waals surface area contributed by atoms with Crippen LogP contribution in [0.3, 0.4) is 0 Å². The third-order valence-electron chi connectivity index (χ3n) is 4.66. The van der Waals surface area contributed by atoms with Crippen molar-refractivity contribution in [2.75, 3.05) is 13.1 Å². The van der Waals surface area contributed by atoms with Gasteiger partial charge in [-0.25, -0.2) is 0 Å². The maximum absolute atomic E-state index is 3.76. The van der Waals surface area contributed by atoms with E-state index in [1.54, 1.807) is 0 Å². The maximum Gasteiger partial charge on any atom is 0.0361 e. The summed E-state index contributed by atoms with van der Waals surface area (Å²) in [5, 5.41) is 3.76. The molecule has 0 bridgehead atoms. The number of nitrogens with one attached hydrogen (secondary N) is 1. The average molecular weight is 247 g/mol. The Bertz CT molecular complexity index is 385. The lowest BCUT2D eigenvalue weighted by atomic mass is 9.97. The Morgan fingerprint density at radius 2 is 2.28 bits per heavy atom. The Labute approximate surface area is 110 Å². The molecule has 3 heterocycles. The molecular weight excluding hydrogens is 222 g/mol. The average Bonchev–Trinajstić information content (AvgIpc) is 3.04. The molecule has 2 fully saturated rings. The second-order valence-electron chi connectivity index (χ2n) is 5.72. The summed E-state index contributed by atoms with van der Waals surface area (Å²) < 4.78 is 2.33. The fourth-order valence-electron chi connectivity index (χ4n) is 3.58. The highest BCUT2D eigenvalue weighted by molar-refractivity contribution is 5.07.